The molecule has 0 aliphatic carbocycles. The average Bonchev–Trinajstić information content (AvgIpc) is 2.14. The standard InChI is InChI=1S/C14H28O2Si/c1-9-12(11(2)3)13(10-15)16-17(7,8)14(4,5)6/h9-13H,1H2,2-8H3/t12-,13+/m1/s1. The summed E-state index contributed by atoms with van der Waals surface area (Å²) in [6.45, 7) is 18.9. The van der Waals surface area contributed by atoms with Gasteiger partial charge in [0.2, 0.25) is 0 Å². The van der Waals surface area contributed by atoms with Crippen LogP contribution in [-0.2, 0) is 9.22 Å². The maximum absolute atomic E-state index is 11.3. The fourth-order valence-electron chi connectivity index (χ4n) is 1.50. The Hall–Kier alpha value is -0.413. The number of hydrogen-bond donors (Lipinski definition) is 0. The van der Waals surface area contributed by atoms with E-state index in [1.165, 1.54) is 0 Å². The molecule has 0 radical (unpaired) electrons. The van der Waals surface area contributed by atoms with Crippen molar-refractivity contribution in [2.45, 2.75) is 58.9 Å². The molecular formula is C14H28O2Si. The van der Waals surface area contributed by atoms with E-state index in [4.69, 9.17) is 4.43 Å². The molecule has 0 bridgehead atoms. The van der Waals surface area contributed by atoms with Crippen molar-refractivity contribution in [3.63, 3.8) is 0 Å². The van der Waals surface area contributed by atoms with Crippen LogP contribution in [0.1, 0.15) is 34.6 Å². The zero-order valence-corrected chi connectivity index (χ0v) is 13.4. The summed E-state index contributed by atoms with van der Waals surface area (Å²) >= 11 is 0. The van der Waals surface area contributed by atoms with E-state index in [9.17, 15) is 4.79 Å². The first kappa shape index (κ1) is 16.6. The van der Waals surface area contributed by atoms with Gasteiger partial charge in [0.25, 0.3) is 0 Å². The summed E-state index contributed by atoms with van der Waals surface area (Å²) in [7, 11) is -1.89. The molecule has 0 amide bonds. The van der Waals surface area contributed by atoms with Crippen molar-refractivity contribution in [3.05, 3.63) is 12.7 Å². The van der Waals surface area contributed by atoms with Crippen LogP contribution in [0.2, 0.25) is 18.1 Å². The second-order valence-electron chi connectivity index (χ2n) is 6.54. The lowest BCUT2D eigenvalue weighted by Crippen LogP contribution is -2.46. The van der Waals surface area contributed by atoms with Crippen molar-refractivity contribution in [3.8, 4) is 0 Å². The summed E-state index contributed by atoms with van der Waals surface area (Å²) in [6, 6.07) is 0. The zero-order chi connectivity index (χ0) is 13.9. The minimum atomic E-state index is -1.89. The fraction of sp³-hybridized carbons (Fsp3) is 0.786. The van der Waals surface area contributed by atoms with Crippen LogP contribution in [0.15, 0.2) is 12.7 Å². The van der Waals surface area contributed by atoms with E-state index in [1.54, 1.807) is 0 Å². The summed E-state index contributed by atoms with van der Waals surface area (Å²) in [4.78, 5) is 11.3. The van der Waals surface area contributed by atoms with Gasteiger partial charge in [-0.25, -0.2) is 0 Å². The summed E-state index contributed by atoms with van der Waals surface area (Å²) in [5, 5.41) is 0.122. The van der Waals surface area contributed by atoms with Crippen molar-refractivity contribution >= 4 is 14.6 Å². The van der Waals surface area contributed by atoms with E-state index in [-0.39, 0.29) is 17.1 Å². The lowest BCUT2D eigenvalue weighted by atomic mass is 9.91. The van der Waals surface area contributed by atoms with E-state index in [0.29, 0.717) is 5.92 Å². The smallest absolute Gasteiger partial charge is 0.193 e. The van der Waals surface area contributed by atoms with Crippen LogP contribution in [0, 0.1) is 11.8 Å². The van der Waals surface area contributed by atoms with Gasteiger partial charge in [-0.05, 0) is 24.1 Å². The van der Waals surface area contributed by atoms with Crippen LogP contribution < -0.4 is 0 Å². The monoisotopic (exact) mass is 256 g/mol. The summed E-state index contributed by atoms with van der Waals surface area (Å²) in [6.07, 6.45) is 2.43. The first-order valence-electron chi connectivity index (χ1n) is 6.32. The van der Waals surface area contributed by atoms with E-state index in [0.717, 1.165) is 6.29 Å². The maximum Gasteiger partial charge on any atom is 0.193 e. The Morgan fingerprint density at radius 2 is 1.71 bits per heavy atom. The van der Waals surface area contributed by atoms with Crippen molar-refractivity contribution < 1.29 is 9.22 Å². The van der Waals surface area contributed by atoms with Crippen LogP contribution in [0.4, 0.5) is 0 Å². The Balaban J connectivity index is 4.94. The third-order valence-electron chi connectivity index (χ3n) is 3.79. The molecule has 100 valence electrons. The molecule has 0 spiro atoms. The van der Waals surface area contributed by atoms with Gasteiger partial charge < -0.3 is 9.22 Å². The Morgan fingerprint density at radius 3 is 1.94 bits per heavy atom. The van der Waals surface area contributed by atoms with Crippen molar-refractivity contribution in [1.29, 1.82) is 0 Å². The van der Waals surface area contributed by atoms with E-state index in [1.807, 2.05) is 6.08 Å². The second-order valence-corrected chi connectivity index (χ2v) is 11.3. The molecule has 0 N–H and O–H groups in total. The summed E-state index contributed by atoms with van der Waals surface area (Å²) in [5.74, 6) is 0.467. The molecule has 2 nitrogen and oxygen atoms in total. The van der Waals surface area contributed by atoms with Crippen LogP contribution in [0.3, 0.4) is 0 Å². The minimum Gasteiger partial charge on any atom is -0.407 e. The molecule has 17 heavy (non-hydrogen) atoms. The Labute approximate surface area is 108 Å². The molecule has 0 unspecified atom stereocenters. The molecule has 3 heteroatoms. The SMILES string of the molecule is C=C[C@H](C(C)C)[C@H](C=O)O[Si](C)(C)C(C)(C)C. The van der Waals surface area contributed by atoms with Gasteiger partial charge in [-0.15, -0.1) is 6.58 Å². The molecule has 2 atom stereocenters. The first-order valence-corrected chi connectivity index (χ1v) is 9.23. The molecule has 0 fully saturated rings. The summed E-state index contributed by atoms with van der Waals surface area (Å²) < 4.78 is 6.17. The lowest BCUT2D eigenvalue weighted by Gasteiger charge is -2.40. The van der Waals surface area contributed by atoms with Gasteiger partial charge in [0.15, 0.2) is 8.32 Å². The molecule has 0 heterocycles. The quantitative estimate of drug-likeness (QED) is 0.407. The van der Waals surface area contributed by atoms with Gasteiger partial charge in [0.05, 0.1) is 0 Å². The Bertz CT molecular complexity index is 264. The van der Waals surface area contributed by atoms with E-state index >= 15 is 0 Å². The van der Waals surface area contributed by atoms with Gasteiger partial charge in [0, 0.05) is 5.92 Å². The predicted octanol–water partition coefficient (Wildman–Crippen LogP) is 4.03. The first-order chi connectivity index (χ1) is 7.56. The molecular weight excluding hydrogens is 228 g/mol. The fourth-order valence-corrected chi connectivity index (χ4v) is 2.75. The number of carbonyl (C=O) groups is 1. The third kappa shape index (κ3) is 4.40. The summed E-state index contributed by atoms with van der Waals surface area (Å²) in [5.41, 5.74) is 0. The van der Waals surface area contributed by atoms with Crippen molar-refractivity contribution in [1.82, 2.24) is 0 Å². The highest BCUT2D eigenvalue weighted by Crippen LogP contribution is 2.38. The highest BCUT2D eigenvalue weighted by atomic mass is 28.4. The normalized spacial score (nSPS) is 16.7. The second kappa shape index (κ2) is 5.96. The molecule has 0 aliphatic heterocycles. The topological polar surface area (TPSA) is 26.3 Å². The molecule has 0 aromatic rings. The number of carbonyl (C=O) groups excluding carboxylic acids is 1. The highest BCUT2D eigenvalue weighted by Gasteiger charge is 2.40. The number of aldehydes is 1. The van der Waals surface area contributed by atoms with E-state index < -0.39 is 8.32 Å². The largest absolute Gasteiger partial charge is 0.407 e. The van der Waals surface area contributed by atoms with Crippen LogP contribution in [-0.4, -0.2) is 20.7 Å². The predicted molar refractivity (Wildman–Crippen MR) is 76.7 cm³/mol. The van der Waals surface area contributed by atoms with Crippen molar-refractivity contribution in [2.75, 3.05) is 0 Å². The van der Waals surface area contributed by atoms with Gasteiger partial charge in [-0.1, -0.05) is 40.7 Å². The third-order valence-corrected chi connectivity index (χ3v) is 8.27. The highest BCUT2D eigenvalue weighted by molar-refractivity contribution is 6.74. The lowest BCUT2D eigenvalue weighted by molar-refractivity contribution is -0.116. The molecule has 0 aliphatic rings. The van der Waals surface area contributed by atoms with Gasteiger partial charge in [0.1, 0.15) is 12.4 Å². The number of hydrogen-bond acceptors (Lipinski definition) is 2. The van der Waals surface area contributed by atoms with Gasteiger partial charge in [-0.3, -0.25) is 0 Å². The molecule has 0 aromatic heterocycles. The van der Waals surface area contributed by atoms with Gasteiger partial charge >= 0.3 is 0 Å². The molecule has 0 saturated heterocycles. The molecule has 0 rings (SSSR count). The van der Waals surface area contributed by atoms with Crippen LogP contribution in [0.25, 0.3) is 0 Å². The Morgan fingerprint density at radius 1 is 1.24 bits per heavy atom. The van der Waals surface area contributed by atoms with Crippen LogP contribution in [0.5, 0.6) is 0 Å². The van der Waals surface area contributed by atoms with Crippen LogP contribution >= 0.6 is 0 Å². The van der Waals surface area contributed by atoms with Gasteiger partial charge in [-0.2, -0.15) is 0 Å². The average molecular weight is 256 g/mol. The van der Waals surface area contributed by atoms with E-state index in [2.05, 4.69) is 54.3 Å². The maximum atomic E-state index is 11.3. The Kier molecular flexibility index (Phi) is 5.82. The number of rotatable bonds is 6. The molecule has 0 saturated carbocycles. The minimum absolute atomic E-state index is 0.0987. The zero-order valence-electron chi connectivity index (χ0n) is 12.4. The molecule has 0 aromatic carbocycles. The van der Waals surface area contributed by atoms with Crippen molar-refractivity contribution in [2.24, 2.45) is 11.8 Å².